The number of likely N-dealkylation sites (N-methyl/N-ethyl adjacent to an activating group) is 1. The maximum absolute atomic E-state index is 6.24. The van der Waals surface area contributed by atoms with Gasteiger partial charge in [0.25, 0.3) is 5.06 Å². The summed E-state index contributed by atoms with van der Waals surface area (Å²) in [5, 5.41) is -0.488. The summed E-state index contributed by atoms with van der Waals surface area (Å²) in [5.41, 5.74) is 1.19. The van der Waals surface area contributed by atoms with E-state index < -0.39 is 5.06 Å². The fourth-order valence-electron chi connectivity index (χ4n) is 2.48. The molecule has 2 aromatic rings. The minimum absolute atomic E-state index is 0.488. The van der Waals surface area contributed by atoms with Crippen LogP contribution in [0.15, 0.2) is 53.4 Å². The van der Waals surface area contributed by atoms with Crippen LogP contribution in [0.2, 0.25) is 0 Å². The Balaban J connectivity index is 1.75. The third kappa shape index (κ3) is 1.53. The molecule has 2 aromatic carbocycles. The van der Waals surface area contributed by atoms with Gasteiger partial charge in [0.2, 0.25) is 0 Å². The van der Waals surface area contributed by atoms with Gasteiger partial charge < -0.3 is 14.4 Å². The average molecular weight is 271 g/mol. The molecule has 0 amide bonds. The van der Waals surface area contributed by atoms with E-state index in [1.54, 1.807) is 11.8 Å². The van der Waals surface area contributed by atoms with Crippen LogP contribution in [0.25, 0.3) is 0 Å². The third-order valence-electron chi connectivity index (χ3n) is 3.54. The Hall–Kier alpha value is -1.81. The van der Waals surface area contributed by atoms with Crippen LogP contribution in [0.3, 0.4) is 0 Å². The number of hydrogen-bond donors (Lipinski definition) is 0. The quantitative estimate of drug-likeness (QED) is 0.732. The number of ether oxygens (including phenoxy) is 2. The van der Waals surface area contributed by atoms with Gasteiger partial charge in [0.1, 0.15) is 0 Å². The number of rotatable bonds is 0. The average Bonchev–Trinajstić information content (AvgIpc) is 2.72. The van der Waals surface area contributed by atoms with E-state index in [0.29, 0.717) is 6.61 Å². The summed E-state index contributed by atoms with van der Waals surface area (Å²) in [4.78, 5) is 3.39. The number of para-hydroxylation sites is 3. The molecule has 96 valence electrons. The zero-order valence-corrected chi connectivity index (χ0v) is 11.3. The van der Waals surface area contributed by atoms with E-state index in [0.717, 1.165) is 11.5 Å². The minimum Gasteiger partial charge on any atom is -0.482 e. The van der Waals surface area contributed by atoms with Crippen LogP contribution in [0.1, 0.15) is 0 Å². The molecule has 1 spiro atoms. The van der Waals surface area contributed by atoms with Crippen molar-refractivity contribution in [2.24, 2.45) is 0 Å². The number of anilines is 1. The van der Waals surface area contributed by atoms with Crippen LogP contribution < -0.4 is 14.4 Å². The lowest BCUT2D eigenvalue weighted by Gasteiger charge is -2.39. The molecular weight excluding hydrogens is 258 g/mol. The van der Waals surface area contributed by atoms with E-state index in [-0.39, 0.29) is 0 Å². The van der Waals surface area contributed by atoms with Crippen LogP contribution in [0.4, 0.5) is 5.69 Å². The van der Waals surface area contributed by atoms with Crippen molar-refractivity contribution in [3.8, 4) is 11.5 Å². The zero-order chi connectivity index (χ0) is 12.9. The Bertz CT molecular complexity index is 646. The van der Waals surface area contributed by atoms with E-state index in [9.17, 15) is 0 Å². The molecule has 0 saturated heterocycles. The van der Waals surface area contributed by atoms with E-state index in [1.807, 2.05) is 30.3 Å². The number of thioether (sulfide) groups is 1. The van der Waals surface area contributed by atoms with Crippen molar-refractivity contribution in [2.75, 3.05) is 18.6 Å². The Kier molecular flexibility index (Phi) is 2.23. The van der Waals surface area contributed by atoms with Crippen molar-refractivity contribution in [1.82, 2.24) is 0 Å². The monoisotopic (exact) mass is 271 g/mol. The SMILES string of the molecule is CN1c2ccccc2SC12COc1ccccc1O2. The molecule has 19 heavy (non-hydrogen) atoms. The van der Waals surface area contributed by atoms with E-state index >= 15 is 0 Å². The first kappa shape index (κ1) is 11.1. The molecule has 2 heterocycles. The maximum atomic E-state index is 6.24. The molecule has 0 aliphatic carbocycles. The van der Waals surface area contributed by atoms with Crippen molar-refractivity contribution in [2.45, 2.75) is 9.95 Å². The van der Waals surface area contributed by atoms with Crippen LogP contribution in [0, 0.1) is 0 Å². The van der Waals surface area contributed by atoms with Gasteiger partial charge in [-0.1, -0.05) is 36.0 Å². The predicted octanol–water partition coefficient (Wildman–Crippen LogP) is 3.35. The lowest BCUT2D eigenvalue weighted by atomic mass is 10.2. The van der Waals surface area contributed by atoms with Crippen molar-refractivity contribution in [3.05, 3.63) is 48.5 Å². The Morgan fingerprint density at radius 3 is 2.63 bits per heavy atom. The lowest BCUT2D eigenvalue weighted by molar-refractivity contribution is 0.0669. The van der Waals surface area contributed by atoms with Gasteiger partial charge >= 0.3 is 0 Å². The smallest absolute Gasteiger partial charge is 0.270 e. The maximum Gasteiger partial charge on any atom is 0.270 e. The highest BCUT2D eigenvalue weighted by Crippen LogP contribution is 2.52. The summed E-state index contributed by atoms with van der Waals surface area (Å²) in [6.45, 7) is 0.514. The number of fused-ring (bicyclic) bond motifs is 2. The molecule has 1 atom stereocenters. The second-order valence-electron chi connectivity index (χ2n) is 4.68. The van der Waals surface area contributed by atoms with Crippen molar-refractivity contribution in [1.29, 1.82) is 0 Å². The molecule has 3 nitrogen and oxygen atoms in total. The highest BCUT2D eigenvalue weighted by Gasteiger charge is 2.48. The summed E-state index contributed by atoms with van der Waals surface area (Å²) >= 11 is 1.71. The van der Waals surface area contributed by atoms with E-state index in [2.05, 4.69) is 30.1 Å². The van der Waals surface area contributed by atoms with Gasteiger partial charge in [-0.3, -0.25) is 0 Å². The molecule has 0 N–H and O–H groups in total. The van der Waals surface area contributed by atoms with Crippen molar-refractivity contribution in [3.63, 3.8) is 0 Å². The fourth-order valence-corrected chi connectivity index (χ4v) is 3.77. The summed E-state index contributed by atoms with van der Waals surface area (Å²) < 4.78 is 12.1. The van der Waals surface area contributed by atoms with Crippen LogP contribution in [-0.4, -0.2) is 18.7 Å². The van der Waals surface area contributed by atoms with Gasteiger partial charge in [-0.05, 0) is 24.3 Å². The molecule has 0 aromatic heterocycles. The number of hydrogen-bond acceptors (Lipinski definition) is 4. The van der Waals surface area contributed by atoms with Crippen LogP contribution in [0.5, 0.6) is 11.5 Å². The fraction of sp³-hybridized carbons (Fsp3) is 0.200. The van der Waals surface area contributed by atoms with Gasteiger partial charge in [0, 0.05) is 11.9 Å². The summed E-state index contributed by atoms with van der Waals surface area (Å²) in [6.07, 6.45) is 0. The summed E-state index contributed by atoms with van der Waals surface area (Å²) in [7, 11) is 2.05. The van der Waals surface area contributed by atoms with E-state index in [4.69, 9.17) is 9.47 Å². The highest BCUT2D eigenvalue weighted by molar-refractivity contribution is 8.01. The first-order valence-electron chi connectivity index (χ1n) is 6.21. The van der Waals surface area contributed by atoms with Crippen molar-refractivity contribution < 1.29 is 9.47 Å². The summed E-state index contributed by atoms with van der Waals surface area (Å²) in [5.74, 6) is 1.62. The Labute approximate surface area is 116 Å². The molecule has 1 unspecified atom stereocenters. The highest BCUT2D eigenvalue weighted by atomic mass is 32.2. The molecule has 0 saturated carbocycles. The molecule has 2 aliphatic heterocycles. The Morgan fingerprint density at radius 2 is 1.79 bits per heavy atom. The second-order valence-corrected chi connectivity index (χ2v) is 5.96. The lowest BCUT2D eigenvalue weighted by Crippen LogP contribution is -2.52. The van der Waals surface area contributed by atoms with E-state index in [1.165, 1.54) is 10.6 Å². The number of benzene rings is 2. The molecule has 4 heteroatoms. The first-order valence-corrected chi connectivity index (χ1v) is 7.03. The molecule has 2 aliphatic rings. The molecule has 4 rings (SSSR count). The third-order valence-corrected chi connectivity index (χ3v) is 4.89. The molecule has 0 fully saturated rings. The van der Waals surface area contributed by atoms with Crippen molar-refractivity contribution >= 4 is 17.4 Å². The molecule has 0 radical (unpaired) electrons. The van der Waals surface area contributed by atoms with Crippen LogP contribution in [-0.2, 0) is 0 Å². The standard InChI is InChI=1S/C15H13NO2S/c1-16-11-6-2-5-9-14(11)19-15(16)10-17-12-7-3-4-8-13(12)18-15/h2-9H,10H2,1H3. The van der Waals surface area contributed by atoms with Gasteiger partial charge in [-0.25, -0.2) is 0 Å². The van der Waals surface area contributed by atoms with Gasteiger partial charge in [-0.15, -0.1) is 0 Å². The largest absolute Gasteiger partial charge is 0.482 e. The summed E-state index contributed by atoms with van der Waals surface area (Å²) in [6, 6.07) is 16.1. The van der Waals surface area contributed by atoms with Gasteiger partial charge in [-0.2, -0.15) is 0 Å². The normalized spacial score (nSPS) is 23.5. The van der Waals surface area contributed by atoms with Crippen LogP contribution >= 0.6 is 11.8 Å². The van der Waals surface area contributed by atoms with Gasteiger partial charge in [0.15, 0.2) is 18.1 Å². The Morgan fingerprint density at radius 1 is 1.05 bits per heavy atom. The molecule has 0 bridgehead atoms. The minimum atomic E-state index is -0.488. The first-order chi connectivity index (χ1) is 9.28. The zero-order valence-electron chi connectivity index (χ0n) is 10.5. The topological polar surface area (TPSA) is 21.7 Å². The molecular formula is C15H13NO2S. The second kappa shape index (κ2) is 3.84. The predicted molar refractivity (Wildman–Crippen MR) is 76.0 cm³/mol. The van der Waals surface area contributed by atoms with Gasteiger partial charge in [0.05, 0.1) is 5.69 Å². The number of nitrogens with zero attached hydrogens (tertiary/aromatic N) is 1.